The Morgan fingerprint density at radius 3 is 2.70 bits per heavy atom. The number of anilines is 2. The first-order valence-electron chi connectivity index (χ1n) is 8.80. The van der Waals surface area contributed by atoms with Crippen molar-refractivity contribution in [3.63, 3.8) is 0 Å². The predicted octanol–water partition coefficient (Wildman–Crippen LogP) is 4.21. The number of rotatable bonds is 4. The van der Waals surface area contributed by atoms with Gasteiger partial charge in [-0.3, -0.25) is 4.79 Å². The summed E-state index contributed by atoms with van der Waals surface area (Å²) in [7, 11) is 0. The molecule has 3 aromatic rings. The largest absolute Gasteiger partial charge is 0.507 e. The molecule has 1 aliphatic rings. The quantitative estimate of drug-likeness (QED) is 0.712. The van der Waals surface area contributed by atoms with E-state index in [1.807, 2.05) is 41.8 Å². The zero-order valence-electron chi connectivity index (χ0n) is 14.7. The molecule has 0 unspecified atom stereocenters. The SMILES string of the molecule is O=C(Nc1cccc(-c2ccsc2)c1)c1cc(N2CCOCC2)ccc1O. The van der Waals surface area contributed by atoms with Crippen LogP contribution in [0.5, 0.6) is 5.75 Å². The summed E-state index contributed by atoms with van der Waals surface area (Å²) in [5.41, 5.74) is 4.03. The van der Waals surface area contributed by atoms with E-state index < -0.39 is 0 Å². The zero-order chi connectivity index (χ0) is 18.6. The number of carbonyl (C=O) groups is 1. The van der Waals surface area contributed by atoms with Gasteiger partial charge in [0, 0.05) is 24.5 Å². The van der Waals surface area contributed by atoms with Gasteiger partial charge in [0.15, 0.2) is 0 Å². The van der Waals surface area contributed by atoms with Crippen LogP contribution in [0.1, 0.15) is 10.4 Å². The van der Waals surface area contributed by atoms with E-state index in [0.717, 1.165) is 29.9 Å². The van der Waals surface area contributed by atoms with Crippen molar-refractivity contribution in [1.82, 2.24) is 0 Å². The van der Waals surface area contributed by atoms with Gasteiger partial charge in [0.25, 0.3) is 5.91 Å². The van der Waals surface area contributed by atoms with Crippen molar-refractivity contribution in [1.29, 1.82) is 0 Å². The molecule has 2 aromatic carbocycles. The van der Waals surface area contributed by atoms with Gasteiger partial charge in [0.1, 0.15) is 5.75 Å². The third-order valence-electron chi connectivity index (χ3n) is 4.58. The van der Waals surface area contributed by atoms with Crippen LogP contribution >= 0.6 is 11.3 Å². The van der Waals surface area contributed by atoms with E-state index in [-0.39, 0.29) is 17.2 Å². The lowest BCUT2D eigenvalue weighted by Crippen LogP contribution is -2.36. The number of aromatic hydroxyl groups is 1. The van der Waals surface area contributed by atoms with Gasteiger partial charge in [0.2, 0.25) is 0 Å². The van der Waals surface area contributed by atoms with Crippen LogP contribution < -0.4 is 10.2 Å². The normalized spacial score (nSPS) is 14.1. The van der Waals surface area contributed by atoms with Crippen LogP contribution in [0.3, 0.4) is 0 Å². The summed E-state index contributed by atoms with van der Waals surface area (Å²) in [6, 6.07) is 14.9. The lowest BCUT2D eigenvalue weighted by molar-refractivity contribution is 0.102. The van der Waals surface area contributed by atoms with Gasteiger partial charge in [-0.25, -0.2) is 0 Å². The lowest BCUT2D eigenvalue weighted by Gasteiger charge is -2.29. The average molecular weight is 380 g/mol. The summed E-state index contributed by atoms with van der Waals surface area (Å²) in [6.07, 6.45) is 0. The maximum absolute atomic E-state index is 12.8. The number of phenols is 1. The fraction of sp³-hybridized carbons (Fsp3) is 0.190. The van der Waals surface area contributed by atoms with Gasteiger partial charge in [-0.2, -0.15) is 11.3 Å². The summed E-state index contributed by atoms with van der Waals surface area (Å²) >= 11 is 1.63. The van der Waals surface area contributed by atoms with Crippen molar-refractivity contribution in [2.45, 2.75) is 0 Å². The monoisotopic (exact) mass is 380 g/mol. The molecule has 2 heterocycles. The third-order valence-corrected chi connectivity index (χ3v) is 5.26. The second-order valence-electron chi connectivity index (χ2n) is 6.35. The number of thiophene rings is 1. The Hall–Kier alpha value is -2.83. The highest BCUT2D eigenvalue weighted by Crippen LogP contribution is 2.28. The molecule has 0 aliphatic carbocycles. The molecular formula is C21H20N2O3S. The van der Waals surface area contributed by atoms with Crippen LogP contribution in [0.25, 0.3) is 11.1 Å². The number of ether oxygens (including phenoxy) is 1. The Kier molecular flexibility index (Phi) is 5.09. The number of nitrogens with one attached hydrogen (secondary N) is 1. The molecule has 1 amide bonds. The van der Waals surface area contributed by atoms with Crippen LogP contribution in [0.2, 0.25) is 0 Å². The molecule has 6 heteroatoms. The third kappa shape index (κ3) is 3.97. The van der Waals surface area contributed by atoms with Gasteiger partial charge in [0.05, 0.1) is 18.8 Å². The molecule has 1 aromatic heterocycles. The number of carbonyl (C=O) groups excluding carboxylic acids is 1. The highest BCUT2D eigenvalue weighted by molar-refractivity contribution is 7.08. The molecule has 1 saturated heterocycles. The minimum Gasteiger partial charge on any atom is -0.507 e. The first-order chi connectivity index (χ1) is 13.2. The highest BCUT2D eigenvalue weighted by Gasteiger charge is 2.17. The van der Waals surface area contributed by atoms with E-state index in [1.165, 1.54) is 0 Å². The van der Waals surface area contributed by atoms with E-state index in [2.05, 4.69) is 15.6 Å². The van der Waals surface area contributed by atoms with Gasteiger partial charge in [-0.15, -0.1) is 0 Å². The number of hydrogen-bond acceptors (Lipinski definition) is 5. The topological polar surface area (TPSA) is 61.8 Å². The van der Waals surface area contributed by atoms with E-state index in [4.69, 9.17) is 4.74 Å². The molecule has 0 saturated carbocycles. The van der Waals surface area contributed by atoms with Crippen molar-refractivity contribution in [2.24, 2.45) is 0 Å². The first-order valence-corrected chi connectivity index (χ1v) is 9.75. The minimum atomic E-state index is -0.329. The van der Waals surface area contributed by atoms with Gasteiger partial charge in [-0.1, -0.05) is 12.1 Å². The standard InChI is InChI=1S/C21H20N2O3S/c24-20-5-4-18(23-7-9-26-10-8-23)13-19(20)21(25)22-17-3-1-2-15(12-17)16-6-11-27-14-16/h1-6,11-14,24H,7-10H2,(H,22,25). The smallest absolute Gasteiger partial charge is 0.259 e. The molecule has 1 fully saturated rings. The van der Waals surface area contributed by atoms with Crippen LogP contribution in [-0.4, -0.2) is 37.3 Å². The fourth-order valence-corrected chi connectivity index (χ4v) is 3.79. The van der Waals surface area contributed by atoms with E-state index in [0.29, 0.717) is 18.9 Å². The summed E-state index contributed by atoms with van der Waals surface area (Å²) < 4.78 is 5.37. The fourth-order valence-electron chi connectivity index (χ4n) is 3.13. The molecule has 0 atom stereocenters. The Morgan fingerprint density at radius 2 is 1.93 bits per heavy atom. The van der Waals surface area contributed by atoms with Gasteiger partial charge in [-0.05, 0) is 58.3 Å². The van der Waals surface area contributed by atoms with Crippen LogP contribution in [-0.2, 0) is 4.74 Å². The van der Waals surface area contributed by atoms with E-state index in [9.17, 15) is 9.90 Å². The Morgan fingerprint density at radius 1 is 1.07 bits per heavy atom. The molecule has 138 valence electrons. The maximum atomic E-state index is 12.8. The van der Waals surface area contributed by atoms with E-state index >= 15 is 0 Å². The summed E-state index contributed by atoms with van der Waals surface area (Å²) in [5, 5.41) is 17.2. The molecule has 0 bridgehead atoms. The molecular weight excluding hydrogens is 360 g/mol. The van der Waals surface area contributed by atoms with Gasteiger partial charge >= 0.3 is 0 Å². The van der Waals surface area contributed by atoms with Crippen LogP contribution in [0.4, 0.5) is 11.4 Å². The predicted molar refractivity (Wildman–Crippen MR) is 109 cm³/mol. The zero-order valence-corrected chi connectivity index (χ0v) is 15.5. The average Bonchev–Trinajstić information content (AvgIpc) is 3.24. The summed E-state index contributed by atoms with van der Waals surface area (Å²) in [6.45, 7) is 2.87. The highest BCUT2D eigenvalue weighted by atomic mass is 32.1. The Balaban J connectivity index is 1.55. The molecule has 0 spiro atoms. The van der Waals surface area contributed by atoms with Crippen molar-refractivity contribution in [2.75, 3.05) is 36.5 Å². The minimum absolute atomic E-state index is 0.0292. The molecule has 1 aliphatic heterocycles. The summed E-state index contributed by atoms with van der Waals surface area (Å²) in [5.74, 6) is -0.358. The van der Waals surface area contributed by atoms with Crippen LogP contribution in [0, 0.1) is 0 Å². The number of nitrogens with zero attached hydrogens (tertiary/aromatic N) is 1. The van der Waals surface area contributed by atoms with Crippen LogP contribution in [0.15, 0.2) is 59.3 Å². The Labute approximate surface area is 161 Å². The molecule has 27 heavy (non-hydrogen) atoms. The van der Waals surface area contributed by atoms with Crippen molar-refractivity contribution >= 4 is 28.6 Å². The van der Waals surface area contributed by atoms with Crippen molar-refractivity contribution in [3.05, 3.63) is 64.9 Å². The second-order valence-corrected chi connectivity index (χ2v) is 7.13. The number of hydrogen-bond donors (Lipinski definition) is 2. The maximum Gasteiger partial charge on any atom is 0.259 e. The molecule has 2 N–H and O–H groups in total. The molecule has 4 rings (SSSR count). The lowest BCUT2D eigenvalue weighted by atomic mass is 10.1. The first kappa shape index (κ1) is 17.6. The number of amides is 1. The summed E-state index contributed by atoms with van der Waals surface area (Å²) in [4.78, 5) is 14.9. The number of benzene rings is 2. The molecule has 5 nitrogen and oxygen atoms in total. The number of morpholine rings is 1. The van der Waals surface area contributed by atoms with E-state index in [1.54, 1.807) is 23.5 Å². The van der Waals surface area contributed by atoms with Crippen molar-refractivity contribution < 1.29 is 14.6 Å². The molecule has 0 radical (unpaired) electrons. The second kappa shape index (κ2) is 7.82. The number of phenolic OH excluding ortho intramolecular Hbond substituents is 1. The van der Waals surface area contributed by atoms with Crippen molar-refractivity contribution in [3.8, 4) is 16.9 Å². The Bertz CT molecular complexity index is 934. The van der Waals surface area contributed by atoms with Gasteiger partial charge < -0.3 is 20.1 Å².